The Bertz CT molecular complexity index is 1110. The minimum Gasteiger partial charge on any atom is -0.493 e. The molecule has 8 heteroatoms. The number of nitrogens with zero attached hydrogens (tertiary/aromatic N) is 6. The molecule has 1 aromatic heterocycles. The first-order valence-corrected chi connectivity index (χ1v) is 12.1. The van der Waals surface area contributed by atoms with Gasteiger partial charge in [-0.1, -0.05) is 54.6 Å². The number of rotatable bonds is 8. The Morgan fingerprint density at radius 2 is 1.69 bits per heavy atom. The van der Waals surface area contributed by atoms with Crippen LogP contribution in [0.25, 0.3) is 6.08 Å². The van der Waals surface area contributed by atoms with Gasteiger partial charge in [0.2, 0.25) is 0 Å². The number of piperazine rings is 1. The predicted molar refractivity (Wildman–Crippen MR) is 138 cm³/mol. The molecule has 1 unspecified atom stereocenters. The molecule has 0 spiro atoms. The fourth-order valence-corrected chi connectivity index (χ4v) is 4.57. The lowest BCUT2D eigenvalue weighted by atomic mass is 10.00. The lowest BCUT2D eigenvalue weighted by molar-refractivity contribution is 0.108. The second-order valence-corrected chi connectivity index (χ2v) is 9.75. The van der Waals surface area contributed by atoms with Crippen LogP contribution in [0.5, 0.6) is 11.5 Å². The van der Waals surface area contributed by atoms with Crippen molar-refractivity contribution < 1.29 is 9.47 Å². The second kappa shape index (κ2) is 11.0. The molecule has 1 fully saturated rings. The molecule has 1 atom stereocenters. The van der Waals surface area contributed by atoms with Crippen LogP contribution in [0.4, 0.5) is 0 Å². The maximum atomic E-state index is 5.83. The van der Waals surface area contributed by atoms with E-state index in [2.05, 4.69) is 88.6 Å². The largest absolute Gasteiger partial charge is 0.493 e. The van der Waals surface area contributed by atoms with Crippen molar-refractivity contribution in [2.75, 3.05) is 46.9 Å². The zero-order chi connectivity index (χ0) is 24.8. The van der Waals surface area contributed by atoms with Crippen molar-refractivity contribution in [3.63, 3.8) is 0 Å². The number of methoxy groups -OCH3 is 2. The van der Waals surface area contributed by atoms with Crippen LogP contribution in [0.2, 0.25) is 0 Å². The summed E-state index contributed by atoms with van der Waals surface area (Å²) in [6, 6.07) is 16.3. The SMILES string of the molecule is COc1cccc(C(c2nnnn2C(C)(C)C)N2CCN(C/C=C/c3ccccc3)CC2)c1OC. The highest BCUT2D eigenvalue weighted by molar-refractivity contribution is 5.50. The Morgan fingerprint density at radius 3 is 2.34 bits per heavy atom. The first-order chi connectivity index (χ1) is 16.9. The standard InChI is InChI=1S/C27H36N6O2/c1-27(2,3)33-26(28-29-30-33)24(22-14-9-15-23(34-4)25(22)35-5)32-19-17-31(18-20-32)16-10-13-21-11-7-6-8-12-21/h6-15,24H,16-20H2,1-5H3/b13-10+. The third-order valence-corrected chi connectivity index (χ3v) is 6.35. The number of hydrogen-bond acceptors (Lipinski definition) is 7. The lowest BCUT2D eigenvalue weighted by Crippen LogP contribution is -2.48. The van der Waals surface area contributed by atoms with Gasteiger partial charge < -0.3 is 9.47 Å². The Labute approximate surface area is 208 Å². The average Bonchev–Trinajstić information content (AvgIpc) is 3.36. The van der Waals surface area contributed by atoms with E-state index in [1.807, 2.05) is 22.9 Å². The Balaban J connectivity index is 1.58. The monoisotopic (exact) mass is 476 g/mol. The Kier molecular flexibility index (Phi) is 7.83. The van der Waals surface area contributed by atoms with Crippen LogP contribution in [-0.4, -0.2) is 77.0 Å². The molecule has 8 nitrogen and oxygen atoms in total. The van der Waals surface area contributed by atoms with Crippen LogP contribution in [0.3, 0.4) is 0 Å². The highest BCUT2D eigenvalue weighted by Crippen LogP contribution is 2.40. The zero-order valence-electron chi connectivity index (χ0n) is 21.4. The van der Waals surface area contributed by atoms with E-state index in [0.29, 0.717) is 5.75 Å². The summed E-state index contributed by atoms with van der Waals surface area (Å²) in [6.45, 7) is 11.0. The maximum Gasteiger partial charge on any atom is 0.173 e. The molecule has 35 heavy (non-hydrogen) atoms. The summed E-state index contributed by atoms with van der Waals surface area (Å²) in [5, 5.41) is 12.9. The maximum absolute atomic E-state index is 5.83. The third kappa shape index (κ3) is 5.71. The van der Waals surface area contributed by atoms with Crippen LogP contribution in [0.15, 0.2) is 54.6 Å². The Hall–Kier alpha value is -3.23. The van der Waals surface area contributed by atoms with Crippen LogP contribution in [0, 0.1) is 0 Å². The van der Waals surface area contributed by atoms with Crippen LogP contribution < -0.4 is 9.47 Å². The van der Waals surface area contributed by atoms with Gasteiger partial charge in [0, 0.05) is 38.3 Å². The topological polar surface area (TPSA) is 68.5 Å². The van der Waals surface area contributed by atoms with E-state index in [0.717, 1.165) is 49.9 Å². The molecule has 2 heterocycles. The van der Waals surface area contributed by atoms with Crippen molar-refractivity contribution in [1.82, 2.24) is 30.0 Å². The summed E-state index contributed by atoms with van der Waals surface area (Å²) in [4.78, 5) is 4.92. The molecule has 0 radical (unpaired) electrons. The summed E-state index contributed by atoms with van der Waals surface area (Å²) >= 11 is 0. The summed E-state index contributed by atoms with van der Waals surface area (Å²) in [5.41, 5.74) is 1.97. The van der Waals surface area contributed by atoms with E-state index in [1.54, 1.807) is 14.2 Å². The molecule has 1 aliphatic rings. The molecule has 0 N–H and O–H groups in total. The number of tetrazole rings is 1. The minimum absolute atomic E-state index is 0.156. The van der Waals surface area contributed by atoms with Gasteiger partial charge in [-0.25, -0.2) is 4.68 Å². The molecule has 0 aliphatic carbocycles. The van der Waals surface area contributed by atoms with Gasteiger partial charge in [-0.15, -0.1) is 5.10 Å². The summed E-state index contributed by atoms with van der Waals surface area (Å²) in [7, 11) is 3.35. The molecule has 3 aromatic rings. The van der Waals surface area contributed by atoms with Crippen molar-refractivity contribution in [3.8, 4) is 11.5 Å². The normalized spacial score (nSPS) is 16.5. The summed E-state index contributed by atoms with van der Waals surface area (Å²) in [6.07, 6.45) is 4.43. The van der Waals surface area contributed by atoms with Crippen molar-refractivity contribution >= 4 is 6.08 Å². The molecular weight excluding hydrogens is 440 g/mol. The average molecular weight is 477 g/mol. The van der Waals surface area contributed by atoms with Gasteiger partial charge in [-0.05, 0) is 42.8 Å². The summed E-state index contributed by atoms with van der Waals surface area (Å²) < 4.78 is 13.4. The van der Waals surface area contributed by atoms with E-state index >= 15 is 0 Å². The van der Waals surface area contributed by atoms with Gasteiger partial charge in [0.25, 0.3) is 0 Å². The van der Waals surface area contributed by atoms with Gasteiger partial charge in [-0.3, -0.25) is 9.80 Å². The quantitative estimate of drug-likeness (QED) is 0.489. The van der Waals surface area contributed by atoms with Crippen molar-refractivity contribution in [3.05, 3.63) is 71.6 Å². The van der Waals surface area contributed by atoms with E-state index in [9.17, 15) is 0 Å². The van der Waals surface area contributed by atoms with Gasteiger partial charge in [0.1, 0.15) is 6.04 Å². The molecule has 186 valence electrons. The van der Waals surface area contributed by atoms with E-state index in [4.69, 9.17) is 9.47 Å². The van der Waals surface area contributed by atoms with E-state index < -0.39 is 0 Å². The van der Waals surface area contributed by atoms with Crippen LogP contribution in [-0.2, 0) is 5.54 Å². The van der Waals surface area contributed by atoms with E-state index in [-0.39, 0.29) is 11.6 Å². The predicted octanol–water partition coefficient (Wildman–Crippen LogP) is 3.87. The lowest BCUT2D eigenvalue weighted by Gasteiger charge is -2.39. The number of benzene rings is 2. The molecule has 0 amide bonds. The first-order valence-electron chi connectivity index (χ1n) is 12.1. The van der Waals surface area contributed by atoms with Crippen molar-refractivity contribution in [2.24, 2.45) is 0 Å². The number of aromatic nitrogens is 4. The molecule has 0 saturated carbocycles. The third-order valence-electron chi connectivity index (χ3n) is 6.35. The van der Waals surface area contributed by atoms with Crippen LogP contribution in [0.1, 0.15) is 43.8 Å². The molecule has 2 aromatic carbocycles. The minimum atomic E-state index is -0.257. The van der Waals surface area contributed by atoms with Crippen LogP contribution >= 0.6 is 0 Å². The molecule has 1 aliphatic heterocycles. The van der Waals surface area contributed by atoms with Gasteiger partial charge in [-0.2, -0.15) is 0 Å². The Morgan fingerprint density at radius 1 is 0.943 bits per heavy atom. The smallest absolute Gasteiger partial charge is 0.173 e. The highest BCUT2D eigenvalue weighted by Gasteiger charge is 2.35. The van der Waals surface area contributed by atoms with Crippen molar-refractivity contribution in [2.45, 2.75) is 32.4 Å². The second-order valence-electron chi connectivity index (χ2n) is 9.75. The number of para-hydroxylation sites is 1. The number of hydrogen-bond donors (Lipinski definition) is 0. The number of ether oxygens (including phenoxy) is 2. The molecule has 0 bridgehead atoms. The fourth-order valence-electron chi connectivity index (χ4n) is 4.57. The molecular formula is C27H36N6O2. The van der Waals surface area contributed by atoms with Crippen molar-refractivity contribution in [1.29, 1.82) is 0 Å². The van der Waals surface area contributed by atoms with Gasteiger partial charge in [0.05, 0.1) is 19.8 Å². The fraction of sp³-hybridized carbons (Fsp3) is 0.444. The zero-order valence-corrected chi connectivity index (χ0v) is 21.4. The molecule has 4 rings (SSSR count). The van der Waals surface area contributed by atoms with Gasteiger partial charge >= 0.3 is 0 Å². The van der Waals surface area contributed by atoms with Gasteiger partial charge in [0.15, 0.2) is 17.3 Å². The molecule has 1 saturated heterocycles. The van der Waals surface area contributed by atoms with E-state index in [1.165, 1.54) is 5.56 Å². The summed E-state index contributed by atoms with van der Waals surface area (Å²) in [5.74, 6) is 2.23. The first kappa shape index (κ1) is 24.9. The highest BCUT2D eigenvalue weighted by atomic mass is 16.5.